The molecule has 0 aromatic carbocycles. The van der Waals surface area contributed by atoms with Crippen molar-refractivity contribution in [1.82, 2.24) is 9.91 Å². The number of piperidine rings is 1. The summed E-state index contributed by atoms with van der Waals surface area (Å²) in [4.78, 5) is 13.5. The van der Waals surface area contributed by atoms with E-state index in [9.17, 15) is 4.79 Å². The third-order valence-corrected chi connectivity index (χ3v) is 2.30. The highest BCUT2D eigenvalue weighted by atomic mass is 16.2. The van der Waals surface area contributed by atoms with Gasteiger partial charge < -0.3 is 15.6 Å². The van der Waals surface area contributed by atoms with Gasteiger partial charge >= 0.3 is 0 Å². The highest BCUT2D eigenvalue weighted by molar-refractivity contribution is 5.78. The van der Waals surface area contributed by atoms with Crippen LogP contribution in [0.1, 0.15) is 19.3 Å². The first kappa shape index (κ1) is 10.8. The molecule has 1 fully saturated rings. The van der Waals surface area contributed by atoms with Gasteiger partial charge in [-0.3, -0.25) is 4.79 Å². The Balaban J connectivity index is 2.32. The molecule has 0 bridgehead atoms. The molecule has 1 aliphatic heterocycles. The van der Waals surface area contributed by atoms with Crippen LogP contribution in [-0.2, 0) is 4.79 Å². The minimum Gasteiger partial charge on any atom is -0.403 e. The maximum atomic E-state index is 11.6. The van der Waals surface area contributed by atoms with E-state index in [1.165, 1.54) is 23.8 Å². The van der Waals surface area contributed by atoms with E-state index in [0.717, 1.165) is 25.9 Å². The minimum atomic E-state index is 0.0744. The second-order valence-corrected chi connectivity index (χ2v) is 3.46. The lowest BCUT2D eigenvalue weighted by atomic mass is 10.1. The minimum absolute atomic E-state index is 0.0744. The van der Waals surface area contributed by atoms with Crippen molar-refractivity contribution >= 4 is 5.91 Å². The second-order valence-electron chi connectivity index (χ2n) is 3.46. The number of carbonyl (C=O) groups excluding carboxylic acids is 1. The lowest BCUT2D eigenvalue weighted by Gasteiger charge is -2.28. The Labute approximate surface area is 84.3 Å². The molecule has 0 spiro atoms. The number of hydrogen-bond acceptors (Lipinski definition) is 4. The van der Waals surface area contributed by atoms with E-state index < -0.39 is 0 Å². The molecule has 80 valence electrons. The second kappa shape index (κ2) is 5.49. The molecule has 0 saturated carbocycles. The summed E-state index contributed by atoms with van der Waals surface area (Å²) in [5.41, 5.74) is 5.16. The lowest BCUT2D eigenvalue weighted by Crippen LogP contribution is -2.43. The van der Waals surface area contributed by atoms with Gasteiger partial charge in [0.15, 0.2) is 0 Å². The zero-order valence-electron chi connectivity index (χ0n) is 8.35. The Hall–Kier alpha value is -1.23. The van der Waals surface area contributed by atoms with Crippen LogP contribution >= 0.6 is 0 Å². The molecular formula is C9H18N4O. The molecule has 0 radical (unpaired) electrons. The van der Waals surface area contributed by atoms with Gasteiger partial charge in [-0.05, 0) is 19.3 Å². The summed E-state index contributed by atoms with van der Waals surface area (Å²) in [5.74, 6) is 5.59. The van der Waals surface area contributed by atoms with Gasteiger partial charge in [0, 0.05) is 25.5 Å². The third-order valence-electron chi connectivity index (χ3n) is 2.30. The molecule has 0 atom stereocenters. The number of nitrogens with two attached hydrogens (primary N) is 2. The molecule has 1 heterocycles. The van der Waals surface area contributed by atoms with Crippen LogP contribution in [0, 0.1) is 0 Å². The maximum Gasteiger partial charge on any atom is 0.243 e. The van der Waals surface area contributed by atoms with Gasteiger partial charge in [-0.25, -0.2) is 5.84 Å². The summed E-state index contributed by atoms with van der Waals surface area (Å²) in [6, 6.07) is 0. The predicted molar refractivity (Wildman–Crippen MR) is 54.7 cm³/mol. The first-order chi connectivity index (χ1) is 6.74. The fourth-order valence-electron chi connectivity index (χ4n) is 1.56. The van der Waals surface area contributed by atoms with Crippen molar-refractivity contribution in [3.05, 3.63) is 12.4 Å². The van der Waals surface area contributed by atoms with Crippen LogP contribution in [0.3, 0.4) is 0 Å². The van der Waals surface area contributed by atoms with E-state index in [0.29, 0.717) is 0 Å². The van der Waals surface area contributed by atoms with Crippen LogP contribution in [0.25, 0.3) is 0 Å². The van der Waals surface area contributed by atoms with Crippen molar-refractivity contribution in [2.45, 2.75) is 19.3 Å². The molecule has 0 unspecified atom stereocenters. The van der Waals surface area contributed by atoms with Gasteiger partial charge in [0.05, 0.1) is 0 Å². The molecule has 5 nitrogen and oxygen atoms in total. The van der Waals surface area contributed by atoms with Crippen molar-refractivity contribution in [3.8, 4) is 0 Å². The standard InChI is InChI=1S/C9H18N4O/c10-4-7-13(11)8-9(14)12-5-2-1-3-6-12/h4,7H,1-3,5-6,8,10-11H2/b7-4-. The van der Waals surface area contributed by atoms with Crippen molar-refractivity contribution < 1.29 is 4.79 Å². The molecule has 1 amide bonds. The summed E-state index contributed by atoms with van der Waals surface area (Å²) >= 11 is 0. The average Bonchev–Trinajstić information content (AvgIpc) is 2.19. The normalized spacial score (nSPS) is 17.4. The van der Waals surface area contributed by atoms with Gasteiger partial charge in [-0.15, -0.1) is 0 Å². The van der Waals surface area contributed by atoms with E-state index in [2.05, 4.69) is 0 Å². The Kier molecular flexibility index (Phi) is 4.25. The van der Waals surface area contributed by atoms with Crippen molar-refractivity contribution in [2.75, 3.05) is 19.6 Å². The number of hydrogen-bond donors (Lipinski definition) is 2. The summed E-state index contributed by atoms with van der Waals surface area (Å²) < 4.78 is 0. The smallest absolute Gasteiger partial charge is 0.243 e. The van der Waals surface area contributed by atoms with E-state index in [1.54, 1.807) is 0 Å². The first-order valence-corrected chi connectivity index (χ1v) is 4.91. The summed E-state index contributed by atoms with van der Waals surface area (Å²) in [6.45, 7) is 1.92. The molecule has 0 aromatic heterocycles. The molecule has 5 heteroatoms. The number of carbonyl (C=O) groups is 1. The monoisotopic (exact) mass is 198 g/mol. The number of nitrogens with zero attached hydrogens (tertiary/aromatic N) is 2. The zero-order valence-corrected chi connectivity index (χ0v) is 8.35. The molecule has 0 aliphatic carbocycles. The van der Waals surface area contributed by atoms with Crippen molar-refractivity contribution in [3.63, 3.8) is 0 Å². The van der Waals surface area contributed by atoms with Gasteiger partial charge in [0.2, 0.25) is 5.91 Å². The Morgan fingerprint density at radius 3 is 2.57 bits per heavy atom. The molecule has 1 aliphatic rings. The third kappa shape index (κ3) is 3.26. The van der Waals surface area contributed by atoms with Crippen LogP contribution in [0.2, 0.25) is 0 Å². The van der Waals surface area contributed by atoms with Gasteiger partial charge in [0.1, 0.15) is 6.54 Å². The highest BCUT2D eigenvalue weighted by Gasteiger charge is 2.16. The summed E-state index contributed by atoms with van der Waals surface area (Å²) in [6.07, 6.45) is 6.23. The van der Waals surface area contributed by atoms with E-state index in [1.807, 2.05) is 4.90 Å². The number of amides is 1. The Bertz CT molecular complexity index is 211. The Morgan fingerprint density at radius 1 is 1.36 bits per heavy atom. The number of hydrazine groups is 1. The molecule has 0 aromatic rings. The van der Waals surface area contributed by atoms with E-state index in [-0.39, 0.29) is 12.5 Å². The fourth-order valence-corrected chi connectivity index (χ4v) is 1.56. The fraction of sp³-hybridized carbons (Fsp3) is 0.667. The largest absolute Gasteiger partial charge is 0.403 e. The quantitative estimate of drug-likeness (QED) is 0.478. The first-order valence-electron chi connectivity index (χ1n) is 4.91. The molecule has 4 N–H and O–H groups in total. The highest BCUT2D eigenvalue weighted by Crippen LogP contribution is 2.08. The van der Waals surface area contributed by atoms with Crippen LogP contribution in [0.5, 0.6) is 0 Å². The zero-order chi connectivity index (χ0) is 10.4. The Morgan fingerprint density at radius 2 is 2.00 bits per heavy atom. The lowest BCUT2D eigenvalue weighted by molar-refractivity contribution is -0.132. The number of likely N-dealkylation sites (tertiary alicyclic amines) is 1. The van der Waals surface area contributed by atoms with Crippen LogP contribution < -0.4 is 11.6 Å². The molecule has 1 saturated heterocycles. The molecule has 1 rings (SSSR count). The number of rotatable bonds is 3. The molecular weight excluding hydrogens is 180 g/mol. The van der Waals surface area contributed by atoms with Crippen molar-refractivity contribution in [1.29, 1.82) is 0 Å². The van der Waals surface area contributed by atoms with Gasteiger partial charge in [-0.1, -0.05) is 0 Å². The van der Waals surface area contributed by atoms with Gasteiger partial charge in [-0.2, -0.15) is 0 Å². The predicted octanol–water partition coefficient (Wildman–Crippen LogP) is -0.396. The molecule has 14 heavy (non-hydrogen) atoms. The van der Waals surface area contributed by atoms with E-state index >= 15 is 0 Å². The maximum absolute atomic E-state index is 11.6. The SMILES string of the molecule is N/C=C\N(N)CC(=O)N1CCCCC1. The van der Waals surface area contributed by atoms with Crippen LogP contribution in [0.15, 0.2) is 12.4 Å². The van der Waals surface area contributed by atoms with Crippen LogP contribution in [-0.4, -0.2) is 35.5 Å². The van der Waals surface area contributed by atoms with Gasteiger partial charge in [0.25, 0.3) is 0 Å². The summed E-state index contributed by atoms with van der Waals surface area (Å²) in [5, 5.41) is 1.30. The topological polar surface area (TPSA) is 75.6 Å². The summed E-state index contributed by atoms with van der Waals surface area (Å²) in [7, 11) is 0. The van der Waals surface area contributed by atoms with Crippen molar-refractivity contribution in [2.24, 2.45) is 11.6 Å². The average molecular weight is 198 g/mol. The van der Waals surface area contributed by atoms with E-state index in [4.69, 9.17) is 11.6 Å². The van der Waals surface area contributed by atoms with Crippen LogP contribution in [0.4, 0.5) is 0 Å².